The van der Waals surface area contributed by atoms with Crippen molar-refractivity contribution in [3.63, 3.8) is 0 Å². The summed E-state index contributed by atoms with van der Waals surface area (Å²) >= 11 is 0. The summed E-state index contributed by atoms with van der Waals surface area (Å²) in [5.74, 6) is 0.814. The maximum absolute atomic E-state index is 9.81. The van der Waals surface area contributed by atoms with Gasteiger partial charge in [0.1, 0.15) is 0 Å². The molecule has 1 fully saturated rings. The maximum Gasteiger partial charge on any atom is 0.0499 e. The molecule has 1 aliphatic carbocycles. The van der Waals surface area contributed by atoms with Crippen LogP contribution in [0.5, 0.6) is 0 Å². The Labute approximate surface area is 112 Å². The second-order valence-electron chi connectivity index (χ2n) is 6.48. The minimum atomic E-state index is 0.103. The Morgan fingerprint density at radius 1 is 1.22 bits per heavy atom. The molecule has 0 radical (unpaired) electrons. The Morgan fingerprint density at radius 3 is 2.28 bits per heavy atom. The van der Waals surface area contributed by atoms with Gasteiger partial charge in [0.25, 0.3) is 0 Å². The molecule has 0 unspecified atom stereocenters. The summed E-state index contributed by atoms with van der Waals surface area (Å²) in [7, 11) is 0. The fourth-order valence-electron chi connectivity index (χ4n) is 2.97. The molecule has 108 valence electrons. The van der Waals surface area contributed by atoms with Gasteiger partial charge in [-0.3, -0.25) is 0 Å². The molecule has 1 saturated carbocycles. The topological polar surface area (TPSA) is 43.7 Å². The van der Waals surface area contributed by atoms with Crippen molar-refractivity contribution in [3.8, 4) is 0 Å². The largest absolute Gasteiger partial charge is 0.396 e. The van der Waals surface area contributed by atoms with Crippen LogP contribution in [0.25, 0.3) is 0 Å². The molecule has 0 saturated heterocycles. The van der Waals surface area contributed by atoms with Gasteiger partial charge in [0, 0.05) is 37.8 Å². The summed E-state index contributed by atoms with van der Waals surface area (Å²) < 4.78 is 0. The van der Waals surface area contributed by atoms with E-state index in [4.69, 9.17) is 5.11 Å². The van der Waals surface area contributed by atoms with Crippen molar-refractivity contribution < 1.29 is 10.2 Å². The summed E-state index contributed by atoms with van der Waals surface area (Å²) in [5, 5.41) is 18.8. The highest BCUT2D eigenvalue weighted by Gasteiger charge is 2.35. The van der Waals surface area contributed by atoms with Crippen LogP contribution in [0.3, 0.4) is 0 Å². The van der Waals surface area contributed by atoms with Crippen LogP contribution in [0.1, 0.15) is 52.9 Å². The zero-order valence-electron chi connectivity index (χ0n) is 12.4. The van der Waals surface area contributed by atoms with Crippen molar-refractivity contribution in [2.75, 3.05) is 26.3 Å². The van der Waals surface area contributed by atoms with Gasteiger partial charge in [-0.2, -0.15) is 0 Å². The Morgan fingerprint density at radius 2 is 1.83 bits per heavy atom. The van der Waals surface area contributed by atoms with Crippen molar-refractivity contribution in [1.82, 2.24) is 4.90 Å². The van der Waals surface area contributed by atoms with Gasteiger partial charge in [-0.1, -0.05) is 19.8 Å². The lowest BCUT2D eigenvalue weighted by molar-refractivity contribution is 0.0182. The molecule has 0 atom stereocenters. The molecule has 0 aromatic carbocycles. The Bertz CT molecular complexity index is 223. The molecular weight excluding hydrogens is 226 g/mol. The molecule has 0 aromatic heterocycles. The fraction of sp³-hybridized carbons (Fsp3) is 1.00. The normalized spacial score (nSPS) is 29.2. The number of aliphatic hydroxyl groups is 2. The van der Waals surface area contributed by atoms with Crippen molar-refractivity contribution in [3.05, 3.63) is 0 Å². The summed E-state index contributed by atoms with van der Waals surface area (Å²) in [6, 6.07) is 0.485. The average Bonchev–Trinajstić information content (AvgIpc) is 2.37. The Kier molecular flexibility index (Phi) is 6.61. The molecule has 0 spiro atoms. The smallest absolute Gasteiger partial charge is 0.0499 e. The van der Waals surface area contributed by atoms with Crippen molar-refractivity contribution in [2.45, 2.75) is 58.9 Å². The first kappa shape index (κ1) is 15.9. The standard InChI is InChI=1S/C15H31NO2/c1-13(2)16(9-4-10-17)11-15(12-18)7-5-14(3)6-8-15/h13-14,17-18H,4-12H2,1-3H3. The molecular formula is C15H31NO2. The lowest BCUT2D eigenvalue weighted by Crippen LogP contribution is -2.45. The number of rotatable bonds is 7. The van der Waals surface area contributed by atoms with E-state index >= 15 is 0 Å². The summed E-state index contributed by atoms with van der Waals surface area (Å²) in [5.41, 5.74) is 0.103. The monoisotopic (exact) mass is 257 g/mol. The molecule has 1 rings (SSSR count). The Balaban J connectivity index is 2.58. The van der Waals surface area contributed by atoms with Crippen LogP contribution >= 0.6 is 0 Å². The average molecular weight is 257 g/mol. The summed E-state index contributed by atoms with van der Waals surface area (Å²) in [6.45, 7) is 9.20. The van der Waals surface area contributed by atoms with Gasteiger partial charge in [-0.25, -0.2) is 0 Å². The van der Waals surface area contributed by atoms with E-state index in [0.717, 1.165) is 38.3 Å². The quantitative estimate of drug-likeness (QED) is 0.735. The third-order valence-corrected chi connectivity index (χ3v) is 4.54. The fourth-order valence-corrected chi connectivity index (χ4v) is 2.97. The molecule has 1 aliphatic rings. The van der Waals surface area contributed by atoms with E-state index in [1.807, 2.05) is 0 Å². The van der Waals surface area contributed by atoms with E-state index in [2.05, 4.69) is 25.7 Å². The summed E-state index contributed by atoms with van der Waals surface area (Å²) in [6.07, 6.45) is 5.61. The third kappa shape index (κ3) is 4.52. The highest BCUT2D eigenvalue weighted by molar-refractivity contribution is 4.87. The van der Waals surface area contributed by atoms with Crippen LogP contribution in [0.4, 0.5) is 0 Å². The van der Waals surface area contributed by atoms with Crippen LogP contribution in [0, 0.1) is 11.3 Å². The second kappa shape index (κ2) is 7.46. The SMILES string of the molecule is CC1CCC(CO)(CN(CCCO)C(C)C)CC1. The van der Waals surface area contributed by atoms with E-state index in [-0.39, 0.29) is 12.0 Å². The van der Waals surface area contributed by atoms with Gasteiger partial charge in [-0.05, 0) is 39.0 Å². The van der Waals surface area contributed by atoms with Crippen LogP contribution in [0.15, 0.2) is 0 Å². The van der Waals surface area contributed by atoms with Gasteiger partial charge in [0.05, 0.1) is 0 Å². The zero-order valence-corrected chi connectivity index (χ0v) is 12.4. The first-order valence-electron chi connectivity index (χ1n) is 7.49. The number of nitrogens with zero attached hydrogens (tertiary/aromatic N) is 1. The number of hydrogen-bond acceptors (Lipinski definition) is 3. The van der Waals surface area contributed by atoms with Crippen LogP contribution < -0.4 is 0 Å². The second-order valence-corrected chi connectivity index (χ2v) is 6.48. The molecule has 0 amide bonds. The van der Waals surface area contributed by atoms with E-state index in [9.17, 15) is 5.11 Å². The number of hydrogen-bond donors (Lipinski definition) is 2. The van der Waals surface area contributed by atoms with E-state index < -0.39 is 0 Å². The predicted molar refractivity (Wildman–Crippen MR) is 75.6 cm³/mol. The maximum atomic E-state index is 9.81. The third-order valence-electron chi connectivity index (χ3n) is 4.54. The van der Waals surface area contributed by atoms with E-state index in [1.165, 1.54) is 12.8 Å². The van der Waals surface area contributed by atoms with E-state index in [1.54, 1.807) is 0 Å². The van der Waals surface area contributed by atoms with Crippen molar-refractivity contribution in [2.24, 2.45) is 11.3 Å². The first-order chi connectivity index (χ1) is 8.53. The van der Waals surface area contributed by atoms with E-state index in [0.29, 0.717) is 12.6 Å². The molecule has 18 heavy (non-hydrogen) atoms. The van der Waals surface area contributed by atoms with Gasteiger partial charge >= 0.3 is 0 Å². The van der Waals surface area contributed by atoms with Crippen LogP contribution in [-0.4, -0.2) is 47.5 Å². The molecule has 0 heterocycles. The highest BCUT2D eigenvalue weighted by Crippen LogP contribution is 2.39. The minimum absolute atomic E-state index is 0.103. The Hall–Kier alpha value is -0.120. The minimum Gasteiger partial charge on any atom is -0.396 e. The lowest BCUT2D eigenvalue weighted by Gasteiger charge is -2.43. The summed E-state index contributed by atoms with van der Waals surface area (Å²) in [4.78, 5) is 2.42. The lowest BCUT2D eigenvalue weighted by atomic mass is 9.71. The highest BCUT2D eigenvalue weighted by atomic mass is 16.3. The molecule has 0 bridgehead atoms. The molecule has 3 nitrogen and oxygen atoms in total. The first-order valence-corrected chi connectivity index (χ1v) is 7.49. The van der Waals surface area contributed by atoms with Crippen LogP contribution in [0.2, 0.25) is 0 Å². The van der Waals surface area contributed by atoms with Crippen LogP contribution in [-0.2, 0) is 0 Å². The number of aliphatic hydroxyl groups excluding tert-OH is 2. The predicted octanol–water partition coefficient (Wildman–Crippen LogP) is 2.27. The molecule has 0 aromatic rings. The van der Waals surface area contributed by atoms with Crippen molar-refractivity contribution >= 4 is 0 Å². The molecule has 3 heteroatoms. The van der Waals surface area contributed by atoms with Gasteiger partial charge in [0.15, 0.2) is 0 Å². The molecule has 0 aliphatic heterocycles. The van der Waals surface area contributed by atoms with Gasteiger partial charge < -0.3 is 15.1 Å². The molecule has 2 N–H and O–H groups in total. The zero-order chi connectivity index (χ0) is 13.6. The van der Waals surface area contributed by atoms with Gasteiger partial charge in [-0.15, -0.1) is 0 Å². The van der Waals surface area contributed by atoms with Gasteiger partial charge in [0.2, 0.25) is 0 Å². The van der Waals surface area contributed by atoms with Crippen molar-refractivity contribution in [1.29, 1.82) is 0 Å².